The molecule has 0 bridgehead atoms. The zero-order chi connectivity index (χ0) is 14.7. The summed E-state index contributed by atoms with van der Waals surface area (Å²) in [6.45, 7) is 0.176. The van der Waals surface area contributed by atoms with E-state index in [-0.39, 0.29) is 12.4 Å². The molecule has 0 saturated carbocycles. The quantitative estimate of drug-likeness (QED) is 0.439. The average molecular weight is 320 g/mol. The Balaban J connectivity index is 2.04. The van der Waals surface area contributed by atoms with Crippen molar-refractivity contribution in [2.45, 2.75) is 11.4 Å². The average Bonchev–Trinajstić information content (AvgIpc) is 2.93. The van der Waals surface area contributed by atoms with Gasteiger partial charge in [-0.2, -0.15) is 0 Å². The van der Waals surface area contributed by atoms with Gasteiger partial charge in [-0.15, -0.1) is 23.1 Å². The lowest BCUT2D eigenvalue weighted by Gasteiger charge is -2.04. The second kappa shape index (κ2) is 6.51. The molecule has 0 fully saturated rings. The lowest BCUT2D eigenvalue weighted by molar-refractivity contribution is 0.296. The van der Waals surface area contributed by atoms with Gasteiger partial charge in [0.1, 0.15) is 22.0 Å². The maximum Gasteiger partial charge on any atom is 0.128 e. The van der Waals surface area contributed by atoms with Crippen molar-refractivity contribution in [1.29, 1.82) is 0 Å². The standard InChI is InChI=1S/C15H13FN2OS2/c16-11-4-2-10(3-5-11)12-8-21-15-13(12)14(17-9-18-15)20-7-1-6-19/h2-5,8-9,19H,1,6-7H2. The first kappa shape index (κ1) is 14.4. The number of hydrogen-bond donors (Lipinski definition) is 1. The minimum atomic E-state index is -0.243. The first-order chi connectivity index (χ1) is 10.3. The highest BCUT2D eigenvalue weighted by atomic mass is 32.2. The maximum atomic E-state index is 13.1. The van der Waals surface area contributed by atoms with Crippen LogP contribution < -0.4 is 0 Å². The fourth-order valence-electron chi connectivity index (χ4n) is 2.03. The van der Waals surface area contributed by atoms with E-state index in [1.807, 2.05) is 5.38 Å². The van der Waals surface area contributed by atoms with Crippen LogP contribution in [-0.4, -0.2) is 27.4 Å². The Kier molecular flexibility index (Phi) is 4.48. The van der Waals surface area contributed by atoms with Crippen LogP contribution in [0.4, 0.5) is 4.39 Å². The van der Waals surface area contributed by atoms with E-state index in [1.54, 1.807) is 41.6 Å². The third kappa shape index (κ3) is 3.07. The Morgan fingerprint density at radius 1 is 1.19 bits per heavy atom. The number of rotatable bonds is 5. The van der Waals surface area contributed by atoms with E-state index in [9.17, 15) is 4.39 Å². The molecule has 0 spiro atoms. The number of halogens is 1. The van der Waals surface area contributed by atoms with E-state index in [0.717, 1.165) is 38.5 Å². The van der Waals surface area contributed by atoms with Gasteiger partial charge in [-0.25, -0.2) is 14.4 Å². The van der Waals surface area contributed by atoms with Crippen molar-refractivity contribution in [3.05, 3.63) is 41.8 Å². The first-order valence-corrected chi connectivity index (χ1v) is 8.38. The van der Waals surface area contributed by atoms with Crippen LogP contribution >= 0.6 is 23.1 Å². The van der Waals surface area contributed by atoms with Gasteiger partial charge in [0.25, 0.3) is 0 Å². The van der Waals surface area contributed by atoms with Gasteiger partial charge in [-0.3, -0.25) is 0 Å². The second-order valence-electron chi connectivity index (χ2n) is 4.44. The molecule has 0 amide bonds. The number of aliphatic hydroxyl groups excluding tert-OH is 1. The van der Waals surface area contributed by atoms with Crippen LogP contribution in [0, 0.1) is 5.82 Å². The molecule has 6 heteroatoms. The lowest BCUT2D eigenvalue weighted by Crippen LogP contribution is -1.90. The summed E-state index contributed by atoms with van der Waals surface area (Å²) >= 11 is 3.17. The molecular formula is C15H13FN2OS2. The molecule has 21 heavy (non-hydrogen) atoms. The van der Waals surface area contributed by atoms with E-state index in [2.05, 4.69) is 9.97 Å². The third-order valence-electron chi connectivity index (χ3n) is 3.03. The molecule has 0 aliphatic heterocycles. The summed E-state index contributed by atoms with van der Waals surface area (Å²) < 4.78 is 13.1. The second-order valence-corrected chi connectivity index (χ2v) is 6.38. The first-order valence-electron chi connectivity index (χ1n) is 6.51. The van der Waals surface area contributed by atoms with Crippen molar-refractivity contribution in [2.75, 3.05) is 12.4 Å². The number of aliphatic hydroxyl groups is 1. The van der Waals surface area contributed by atoms with Gasteiger partial charge in [-0.1, -0.05) is 12.1 Å². The number of aromatic nitrogens is 2. The molecule has 1 aromatic carbocycles. The van der Waals surface area contributed by atoms with Gasteiger partial charge in [0.05, 0.1) is 5.39 Å². The van der Waals surface area contributed by atoms with E-state index in [0.29, 0.717) is 0 Å². The van der Waals surface area contributed by atoms with Crippen LogP contribution in [0.25, 0.3) is 21.3 Å². The minimum absolute atomic E-state index is 0.176. The molecule has 1 N–H and O–H groups in total. The molecule has 0 radical (unpaired) electrons. The molecule has 2 heterocycles. The summed E-state index contributed by atoms with van der Waals surface area (Å²) in [4.78, 5) is 9.59. The Bertz CT molecular complexity index is 743. The zero-order valence-corrected chi connectivity index (χ0v) is 12.8. The maximum absolute atomic E-state index is 13.1. The van der Waals surface area contributed by atoms with Crippen LogP contribution in [0.1, 0.15) is 6.42 Å². The highest BCUT2D eigenvalue weighted by molar-refractivity contribution is 7.99. The van der Waals surface area contributed by atoms with Crippen LogP contribution in [0.3, 0.4) is 0 Å². The SMILES string of the molecule is OCCCSc1ncnc2scc(-c3ccc(F)cc3)c12. The van der Waals surface area contributed by atoms with E-state index >= 15 is 0 Å². The van der Waals surface area contributed by atoms with Gasteiger partial charge in [0.2, 0.25) is 0 Å². The number of nitrogens with zero attached hydrogens (tertiary/aromatic N) is 2. The van der Waals surface area contributed by atoms with Crippen LogP contribution in [0.2, 0.25) is 0 Å². The fourth-order valence-corrected chi connectivity index (χ4v) is 3.95. The van der Waals surface area contributed by atoms with Crippen molar-refractivity contribution < 1.29 is 9.50 Å². The molecule has 3 nitrogen and oxygen atoms in total. The van der Waals surface area contributed by atoms with Crippen molar-refractivity contribution in [2.24, 2.45) is 0 Å². The van der Waals surface area contributed by atoms with E-state index in [1.165, 1.54) is 12.1 Å². The number of fused-ring (bicyclic) bond motifs is 1. The van der Waals surface area contributed by atoms with Crippen LogP contribution in [-0.2, 0) is 0 Å². The van der Waals surface area contributed by atoms with Gasteiger partial charge < -0.3 is 5.11 Å². The Morgan fingerprint density at radius 2 is 2.00 bits per heavy atom. The largest absolute Gasteiger partial charge is 0.396 e. The van der Waals surface area contributed by atoms with Crippen LogP contribution in [0.5, 0.6) is 0 Å². The highest BCUT2D eigenvalue weighted by Crippen LogP contribution is 2.37. The van der Waals surface area contributed by atoms with Gasteiger partial charge >= 0.3 is 0 Å². The summed E-state index contributed by atoms with van der Waals surface area (Å²) in [5.41, 5.74) is 1.99. The van der Waals surface area contributed by atoms with Crippen molar-refractivity contribution in [3.8, 4) is 11.1 Å². The molecule has 108 valence electrons. The normalized spacial score (nSPS) is 11.1. The summed E-state index contributed by atoms with van der Waals surface area (Å²) in [6.07, 6.45) is 2.29. The monoisotopic (exact) mass is 320 g/mol. The fraction of sp³-hybridized carbons (Fsp3) is 0.200. The molecule has 0 saturated heterocycles. The lowest BCUT2D eigenvalue weighted by atomic mass is 10.1. The predicted octanol–water partition coefficient (Wildman–Crippen LogP) is 3.97. The predicted molar refractivity (Wildman–Crippen MR) is 85.2 cm³/mol. The summed E-state index contributed by atoms with van der Waals surface area (Å²) in [5, 5.41) is 12.8. The van der Waals surface area contributed by atoms with Gasteiger partial charge in [0, 0.05) is 23.3 Å². The molecular weight excluding hydrogens is 307 g/mol. The molecule has 0 atom stereocenters. The molecule has 2 aromatic heterocycles. The Labute approximate surface area is 129 Å². The molecule has 3 rings (SSSR count). The van der Waals surface area contributed by atoms with E-state index < -0.39 is 0 Å². The molecule has 0 aliphatic carbocycles. The number of benzene rings is 1. The summed E-state index contributed by atoms with van der Waals surface area (Å²) in [5.74, 6) is 0.563. The number of thiophene rings is 1. The Morgan fingerprint density at radius 3 is 2.76 bits per heavy atom. The minimum Gasteiger partial charge on any atom is -0.396 e. The van der Waals surface area contributed by atoms with Gasteiger partial charge in [0.15, 0.2) is 0 Å². The number of thioether (sulfide) groups is 1. The van der Waals surface area contributed by atoms with Crippen molar-refractivity contribution in [3.63, 3.8) is 0 Å². The van der Waals surface area contributed by atoms with Crippen LogP contribution in [0.15, 0.2) is 41.0 Å². The van der Waals surface area contributed by atoms with Gasteiger partial charge in [-0.05, 0) is 24.1 Å². The smallest absolute Gasteiger partial charge is 0.128 e. The topological polar surface area (TPSA) is 46.0 Å². The molecule has 0 aliphatic rings. The highest BCUT2D eigenvalue weighted by Gasteiger charge is 2.13. The number of hydrogen-bond acceptors (Lipinski definition) is 5. The summed E-state index contributed by atoms with van der Waals surface area (Å²) in [7, 11) is 0. The Hall–Kier alpha value is -1.50. The van der Waals surface area contributed by atoms with Crippen molar-refractivity contribution >= 4 is 33.3 Å². The van der Waals surface area contributed by atoms with Crippen molar-refractivity contribution in [1.82, 2.24) is 9.97 Å². The zero-order valence-electron chi connectivity index (χ0n) is 11.1. The molecule has 0 unspecified atom stereocenters. The van der Waals surface area contributed by atoms with E-state index in [4.69, 9.17) is 5.11 Å². The third-order valence-corrected chi connectivity index (χ3v) is 4.99. The summed E-state index contributed by atoms with van der Waals surface area (Å²) in [6, 6.07) is 6.46. The molecule has 3 aromatic rings.